The lowest BCUT2D eigenvalue weighted by atomic mass is 10.1. The second kappa shape index (κ2) is 7.88. The molecule has 2 N–H and O–H groups in total. The van der Waals surface area contributed by atoms with Crippen molar-refractivity contribution in [2.24, 2.45) is 0 Å². The minimum atomic E-state index is -0.370. The molecule has 4 heterocycles. The van der Waals surface area contributed by atoms with Gasteiger partial charge in [-0.1, -0.05) is 0 Å². The Morgan fingerprint density at radius 3 is 2.56 bits per heavy atom. The van der Waals surface area contributed by atoms with Gasteiger partial charge in [0.15, 0.2) is 5.65 Å². The number of fused-ring (bicyclic) bond motifs is 1. The van der Waals surface area contributed by atoms with Gasteiger partial charge in [-0.05, 0) is 48.5 Å². The van der Waals surface area contributed by atoms with E-state index in [4.69, 9.17) is 0 Å². The van der Waals surface area contributed by atoms with Crippen LogP contribution in [0.5, 0.6) is 0 Å². The van der Waals surface area contributed by atoms with E-state index >= 15 is 0 Å². The normalized spacial score (nSPS) is 10.9. The Balaban J connectivity index is 1.57. The molecule has 0 unspecified atom stereocenters. The molecule has 4 aromatic heterocycles. The van der Waals surface area contributed by atoms with E-state index in [0.29, 0.717) is 28.4 Å². The second-order valence-corrected chi connectivity index (χ2v) is 6.96. The molecule has 1 aromatic carbocycles. The Morgan fingerprint density at radius 2 is 1.78 bits per heavy atom. The monoisotopic (exact) mass is 427 g/mol. The number of hydrogen-bond acceptors (Lipinski definition) is 5. The number of amides is 1. The van der Waals surface area contributed by atoms with Crippen molar-refractivity contribution in [2.75, 3.05) is 5.32 Å². The molecule has 0 atom stereocenters. The third-order valence-electron chi connectivity index (χ3n) is 4.86. The van der Waals surface area contributed by atoms with Crippen LogP contribution < -0.4 is 10.0 Å². The molecule has 5 aromatic rings. The predicted molar refractivity (Wildman–Crippen MR) is 113 cm³/mol. The summed E-state index contributed by atoms with van der Waals surface area (Å²) in [4.78, 5) is 21.5. The maximum absolute atomic E-state index is 13.5. The van der Waals surface area contributed by atoms with Crippen molar-refractivity contribution in [1.82, 2.24) is 19.6 Å². The first-order valence-electron chi connectivity index (χ1n) is 9.66. The summed E-state index contributed by atoms with van der Waals surface area (Å²) in [5.74, 6) is -0.367. The smallest absolute Gasteiger partial charge is 0.257 e. The molecule has 0 saturated carbocycles. The third-order valence-corrected chi connectivity index (χ3v) is 4.86. The van der Waals surface area contributed by atoms with Crippen molar-refractivity contribution in [3.8, 4) is 22.5 Å². The summed E-state index contributed by atoms with van der Waals surface area (Å²) in [6, 6.07) is 16.2. The topological polar surface area (TPSA) is 96.3 Å². The van der Waals surface area contributed by atoms with E-state index in [0.717, 1.165) is 15.9 Å². The number of anilines is 1. The van der Waals surface area contributed by atoms with E-state index in [2.05, 4.69) is 20.4 Å². The number of carbonyl (C=O) groups excluding carboxylic acids is 1. The summed E-state index contributed by atoms with van der Waals surface area (Å²) in [5.41, 5.74) is 3.77. The molecule has 0 aliphatic carbocycles. The average molecular weight is 427 g/mol. The van der Waals surface area contributed by atoms with Gasteiger partial charge < -0.3 is 5.32 Å². The van der Waals surface area contributed by atoms with Crippen LogP contribution in [0.15, 0.2) is 85.5 Å². The van der Waals surface area contributed by atoms with Crippen molar-refractivity contribution in [3.63, 3.8) is 0 Å². The molecule has 0 saturated heterocycles. The number of carbonyl (C=O) groups is 1. The zero-order chi connectivity index (χ0) is 22.1. The summed E-state index contributed by atoms with van der Waals surface area (Å²) in [6.45, 7) is 0. The summed E-state index contributed by atoms with van der Waals surface area (Å²) in [5, 5.41) is 16.5. The molecule has 0 spiro atoms. The molecule has 0 bridgehead atoms. The zero-order valence-electron chi connectivity index (χ0n) is 16.6. The van der Waals surface area contributed by atoms with Crippen LogP contribution in [-0.4, -0.2) is 30.7 Å². The predicted octanol–water partition coefficient (Wildman–Crippen LogP) is 3.37. The molecule has 32 heavy (non-hydrogen) atoms. The summed E-state index contributed by atoms with van der Waals surface area (Å²) in [6.07, 6.45) is 5.95. The van der Waals surface area contributed by atoms with Crippen LogP contribution in [0.25, 0.3) is 28.2 Å². The highest BCUT2D eigenvalue weighted by Crippen LogP contribution is 2.33. The van der Waals surface area contributed by atoms with Crippen molar-refractivity contribution in [3.05, 3.63) is 96.8 Å². The van der Waals surface area contributed by atoms with E-state index in [1.54, 1.807) is 47.2 Å². The minimum Gasteiger partial charge on any atom is -0.307 e. The largest absolute Gasteiger partial charge is 0.307 e. The number of benzene rings is 1. The Kier molecular flexibility index (Phi) is 4.75. The fourth-order valence-electron chi connectivity index (χ4n) is 3.36. The van der Waals surface area contributed by atoms with Crippen LogP contribution in [-0.2, 0) is 0 Å². The Hall–Kier alpha value is -4.66. The van der Waals surface area contributed by atoms with Gasteiger partial charge in [0, 0.05) is 40.4 Å². The number of hydrogen-bond donors (Lipinski definition) is 2. The van der Waals surface area contributed by atoms with Gasteiger partial charge in [-0.15, -0.1) is 0 Å². The molecule has 1 amide bonds. The molecule has 0 radical (unpaired) electrons. The number of imidazole rings is 1. The molecule has 8 nitrogen and oxygen atoms in total. The average Bonchev–Trinajstić information content (AvgIpc) is 3.20. The van der Waals surface area contributed by atoms with E-state index in [9.17, 15) is 14.4 Å². The number of nitrogens with one attached hydrogen (secondary N) is 1. The first-order valence-corrected chi connectivity index (χ1v) is 9.66. The molecular weight excluding hydrogens is 411 g/mol. The SMILES string of the molecule is O=C(Nc1cc(-c2c(-c3ccc(F)cc3)nc3cccnn23)ccn1)c1cc[n+](O)cc1. The Morgan fingerprint density at radius 1 is 1.00 bits per heavy atom. The maximum Gasteiger partial charge on any atom is 0.257 e. The van der Waals surface area contributed by atoms with Crippen LogP contribution >= 0.6 is 0 Å². The summed E-state index contributed by atoms with van der Waals surface area (Å²) >= 11 is 0. The first kappa shape index (κ1) is 19.3. The van der Waals surface area contributed by atoms with Gasteiger partial charge in [0.1, 0.15) is 17.3 Å². The number of halogens is 1. The number of aromatic nitrogens is 5. The highest BCUT2D eigenvalue weighted by atomic mass is 19.1. The molecular formula is C23H16FN6O2+. The van der Waals surface area contributed by atoms with Crippen molar-refractivity contribution in [1.29, 1.82) is 0 Å². The Labute approximate surface area is 181 Å². The van der Waals surface area contributed by atoms with Crippen LogP contribution in [0.1, 0.15) is 10.4 Å². The Bertz CT molecular complexity index is 1430. The fourth-order valence-corrected chi connectivity index (χ4v) is 3.36. The van der Waals surface area contributed by atoms with Gasteiger partial charge >= 0.3 is 0 Å². The van der Waals surface area contributed by atoms with E-state index in [1.807, 2.05) is 6.07 Å². The van der Waals surface area contributed by atoms with Crippen LogP contribution in [0, 0.1) is 5.82 Å². The lowest BCUT2D eigenvalue weighted by Crippen LogP contribution is -2.28. The summed E-state index contributed by atoms with van der Waals surface area (Å²) < 4.78 is 16.0. The quantitative estimate of drug-likeness (QED) is 0.339. The van der Waals surface area contributed by atoms with Crippen LogP contribution in [0.4, 0.5) is 10.2 Å². The minimum absolute atomic E-state index is 0.335. The van der Waals surface area contributed by atoms with Crippen molar-refractivity contribution < 1.29 is 19.1 Å². The van der Waals surface area contributed by atoms with Crippen molar-refractivity contribution in [2.45, 2.75) is 0 Å². The fraction of sp³-hybridized carbons (Fsp3) is 0. The molecule has 9 heteroatoms. The van der Waals surface area contributed by atoms with E-state index < -0.39 is 0 Å². The van der Waals surface area contributed by atoms with Crippen LogP contribution in [0.3, 0.4) is 0 Å². The molecule has 0 aliphatic rings. The maximum atomic E-state index is 13.5. The molecule has 0 fully saturated rings. The number of pyridine rings is 2. The van der Waals surface area contributed by atoms with Gasteiger partial charge in [-0.3, -0.25) is 10.0 Å². The lowest BCUT2D eigenvalue weighted by Gasteiger charge is -2.08. The lowest BCUT2D eigenvalue weighted by molar-refractivity contribution is -0.904. The molecule has 0 aliphatic heterocycles. The van der Waals surface area contributed by atoms with Crippen LogP contribution in [0.2, 0.25) is 0 Å². The highest BCUT2D eigenvalue weighted by Gasteiger charge is 2.18. The van der Waals surface area contributed by atoms with E-state index in [1.165, 1.54) is 36.7 Å². The molecule has 5 rings (SSSR count). The highest BCUT2D eigenvalue weighted by molar-refractivity contribution is 6.03. The number of nitrogens with zero attached hydrogens (tertiary/aromatic N) is 5. The van der Waals surface area contributed by atoms with E-state index in [-0.39, 0.29) is 11.7 Å². The van der Waals surface area contributed by atoms with Gasteiger partial charge in [0.2, 0.25) is 12.4 Å². The van der Waals surface area contributed by atoms with Gasteiger partial charge in [-0.2, -0.15) is 5.10 Å². The second-order valence-electron chi connectivity index (χ2n) is 6.96. The first-order chi connectivity index (χ1) is 15.6. The van der Waals surface area contributed by atoms with Gasteiger partial charge in [0.25, 0.3) is 5.91 Å². The third kappa shape index (κ3) is 3.63. The van der Waals surface area contributed by atoms with Gasteiger partial charge in [0.05, 0.1) is 11.3 Å². The zero-order valence-corrected chi connectivity index (χ0v) is 16.6. The molecule has 156 valence electrons. The summed E-state index contributed by atoms with van der Waals surface area (Å²) in [7, 11) is 0. The number of rotatable bonds is 4. The van der Waals surface area contributed by atoms with Crippen molar-refractivity contribution >= 4 is 17.4 Å². The standard InChI is InChI=1S/C23H15FN6O2/c24-18-5-3-15(4-6-18)21-22(30-20(28-21)2-1-10-26-30)17-7-11-25-19(14-17)27-23(31)16-8-12-29(32)13-9-16/h1-14H,(H-,25,27,31,32)/p+1. The van der Waals surface area contributed by atoms with Gasteiger partial charge in [-0.25, -0.2) is 18.9 Å².